The molecule has 0 fully saturated rings. The van der Waals surface area contributed by atoms with Crippen LogP contribution in [0.1, 0.15) is 5.56 Å². The Morgan fingerprint density at radius 1 is 1.47 bits per heavy atom. The van der Waals surface area contributed by atoms with Crippen LogP contribution in [0.3, 0.4) is 0 Å². The van der Waals surface area contributed by atoms with Crippen molar-refractivity contribution >= 4 is 5.69 Å². The number of aromatic nitrogens is 2. The van der Waals surface area contributed by atoms with Crippen molar-refractivity contribution in [2.45, 2.75) is 0 Å². The molecule has 2 N–H and O–H groups in total. The third-order valence-electron chi connectivity index (χ3n) is 2.22. The molecule has 0 atom stereocenters. The number of nitriles is 1. The van der Waals surface area contributed by atoms with Crippen LogP contribution in [0.15, 0.2) is 30.6 Å². The number of benzene rings is 1. The van der Waals surface area contributed by atoms with Crippen molar-refractivity contribution in [2.24, 2.45) is 7.05 Å². The molecule has 0 bridgehead atoms. The molecule has 74 valence electrons. The third-order valence-corrected chi connectivity index (χ3v) is 2.22. The van der Waals surface area contributed by atoms with Crippen LogP contribution in [-0.2, 0) is 7.05 Å². The molecule has 0 unspecified atom stereocenters. The summed E-state index contributed by atoms with van der Waals surface area (Å²) in [6.45, 7) is 0. The second kappa shape index (κ2) is 3.46. The second-order valence-corrected chi connectivity index (χ2v) is 3.28. The molecule has 0 saturated carbocycles. The Labute approximate surface area is 87.6 Å². The van der Waals surface area contributed by atoms with E-state index >= 15 is 0 Å². The van der Waals surface area contributed by atoms with Gasteiger partial charge >= 0.3 is 0 Å². The van der Waals surface area contributed by atoms with Gasteiger partial charge in [0.2, 0.25) is 0 Å². The molecular weight excluding hydrogens is 188 g/mol. The van der Waals surface area contributed by atoms with Gasteiger partial charge in [-0.1, -0.05) is 12.1 Å². The number of rotatable bonds is 1. The highest BCUT2D eigenvalue weighted by atomic mass is 15.2. The molecule has 15 heavy (non-hydrogen) atoms. The van der Waals surface area contributed by atoms with Crippen LogP contribution < -0.4 is 5.73 Å². The minimum atomic E-state index is 0.499. The van der Waals surface area contributed by atoms with E-state index in [9.17, 15) is 0 Å². The van der Waals surface area contributed by atoms with Gasteiger partial charge in [0.05, 0.1) is 17.4 Å². The number of nitrogens with zero attached hydrogens (tertiary/aromatic N) is 3. The second-order valence-electron chi connectivity index (χ2n) is 3.28. The molecule has 0 aliphatic rings. The van der Waals surface area contributed by atoms with Gasteiger partial charge in [-0.25, -0.2) is 0 Å². The molecule has 0 aliphatic carbocycles. The average Bonchev–Trinajstić information content (AvgIpc) is 2.64. The van der Waals surface area contributed by atoms with E-state index in [4.69, 9.17) is 11.0 Å². The lowest BCUT2D eigenvalue weighted by Crippen LogP contribution is -1.92. The highest BCUT2D eigenvalue weighted by molar-refractivity contribution is 5.76. The van der Waals surface area contributed by atoms with Crippen LogP contribution in [-0.4, -0.2) is 9.78 Å². The molecule has 0 aliphatic heterocycles. The van der Waals surface area contributed by atoms with Crippen LogP contribution in [0, 0.1) is 11.3 Å². The quantitative estimate of drug-likeness (QED) is 0.707. The van der Waals surface area contributed by atoms with Gasteiger partial charge in [-0.05, 0) is 6.07 Å². The van der Waals surface area contributed by atoms with Crippen molar-refractivity contribution < 1.29 is 0 Å². The summed E-state index contributed by atoms with van der Waals surface area (Å²) >= 11 is 0. The van der Waals surface area contributed by atoms with Crippen LogP contribution in [0.25, 0.3) is 11.1 Å². The number of nitrogens with two attached hydrogens (primary N) is 1. The molecular formula is C11H10N4. The molecule has 1 aromatic carbocycles. The number of hydrogen-bond acceptors (Lipinski definition) is 3. The van der Waals surface area contributed by atoms with Gasteiger partial charge in [0, 0.05) is 24.4 Å². The maximum absolute atomic E-state index is 9.01. The Morgan fingerprint density at radius 2 is 2.27 bits per heavy atom. The van der Waals surface area contributed by atoms with E-state index in [1.807, 2.05) is 25.4 Å². The lowest BCUT2D eigenvalue weighted by Gasteiger charge is -2.02. The van der Waals surface area contributed by atoms with Crippen molar-refractivity contribution in [3.05, 3.63) is 36.2 Å². The van der Waals surface area contributed by atoms with Crippen molar-refractivity contribution in [1.82, 2.24) is 9.78 Å². The zero-order valence-electron chi connectivity index (χ0n) is 8.31. The smallest absolute Gasteiger partial charge is 0.102 e. The third kappa shape index (κ3) is 1.55. The monoisotopic (exact) mass is 198 g/mol. The Bertz CT molecular complexity index is 534. The Morgan fingerprint density at radius 3 is 2.87 bits per heavy atom. The van der Waals surface area contributed by atoms with E-state index in [1.165, 1.54) is 0 Å². The summed E-state index contributed by atoms with van der Waals surface area (Å²) in [5.41, 5.74) is 8.46. The zero-order chi connectivity index (χ0) is 10.8. The van der Waals surface area contributed by atoms with E-state index in [2.05, 4.69) is 11.2 Å². The van der Waals surface area contributed by atoms with Gasteiger partial charge in [0.1, 0.15) is 6.07 Å². The van der Waals surface area contributed by atoms with E-state index in [1.54, 1.807) is 16.9 Å². The Kier molecular flexibility index (Phi) is 2.14. The van der Waals surface area contributed by atoms with E-state index < -0.39 is 0 Å². The molecule has 0 amide bonds. The van der Waals surface area contributed by atoms with Crippen LogP contribution in [0.4, 0.5) is 5.69 Å². The fourth-order valence-corrected chi connectivity index (χ4v) is 1.50. The molecule has 2 rings (SSSR count). The predicted molar refractivity (Wildman–Crippen MR) is 57.8 cm³/mol. The van der Waals surface area contributed by atoms with Crippen molar-refractivity contribution in [1.29, 1.82) is 5.26 Å². The maximum atomic E-state index is 9.01. The SMILES string of the molecule is Cn1cc(-c2cccc(N)c2C#N)cn1. The summed E-state index contributed by atoms with van der Waals surface area (Å²) in [6.07, 6.45) is 3.57. The van der Waals surface area contributed by atoms with Crippen molar-refractivity contribution in [3.63, 3.8) is 0 Å². The van der Waals surface area contributed by atoms with Gasteiger partial charge in [0.15, 0.2) is 0 Å². The van der Waals surface area contributed by atoms with Gasteiger partial charge in [-0.15, -0.1) is 0 Å². The number of hydrogen-bond donors (Lipinski definition) is 1. The van der Waals surface area contributed by atoms with Crippen LogP contribution in [0.5, 0.6) is 0 Å². The predicted octanol–water partition coefficient (Wildman–Crippen LogP) is 1.54. The summed E-state index contributed by atoms with van der Waals surface area (Å²) in [4.78, 5) is 0. The first kappa shape index (κ1) is 9.28. The van der Waals surface area contributed by atoms with Gasteiger partial charge in [-0.3, -0.25) is 4.68 Å². The number of nitrogen functional groups attached to an aromatic ring is 1. The van der Waals surface area contributed by atoms with Gasteiger partial charge in [0.25, 0.3) is 0 Å². The molecule has 0 spiro atoms. The minimum Gasteiger partial charge on any atom is -0.398 e. The standard InChI is InChI=1S/C11H10N4/c1-15-7-8(6-14-15)9-3-2-4-11(13)10(9)5-12/h2-4,6-7H,13H2,1H3. The first-order valence-electron chi connectivity index (χ1n) is 4.50. The Balaban J connectivity index is 2.63. The molecule has 0 radical (unpaired) electrons. The lowest BCUT2D eigenvalue weighted by molar-refractivity contribution is 0.768. The highest BCUT2D eigenvalue weighted by Crippen LogP contribution is 2.26. The summed E-state index contributed by atoms with van der Waals surface area (Å²) in [7, 11) is 1.84. The van der Waals surface area contributed by atoms with Crippen LogP contribution in [0.2, 0.25) is 0 Å². The lowest BCUT2D eigenvalue weighted by atomic mass is 10.0. The molecule has 4 heteroatoms. The van der Waals surface area contributed by atoms with E-state index in [0.717, 1.165) is 11.1 Å². The molecule has 1 heterocycles. The number of anilines is 1. The van der Waals surface area contributed by atoms with Crippen molar-refractivity contribution in [2.75, 3.05) is 5.73 Å². The minimum absolute atomic E-state index is 0.499. The van der Waals surface area contributed by atoms with Gasteiger partial charge < -0.3 is 5.73 Å². The maximum Gasteiger partial charge on any atom is 0.102 e. The average molecular weight is 198 g/mol. The van der Waals surface area contributed by atoms with Crippen molar-refractivity contribution in [3.8, 4) is 17.2 Å². The molecule has 0 saturated heterocycles. The summed E-state index contributed by atoms with van der Waals surface area (Å²) in [5, 5.41) is 13.1. The molecule has 4 nitrogen and oxygen atoms in total. The topological polar surface area (TPSA) is 67.6 Å². The highest BCUT2D eigenvalue weighted by Gasteiger charge is 2.08. The first-order chi connectivity index (χ1) is 7.22. The Hall–Kier alpha value is -2.28. The zero-order valence-corrected chi connectivity index (χ0v) is 8.31. The van der Waals surface area contributed by atoms with E-state index in [-0.39, 0.29) is 0 Å². The summed E-state index contributed by atoms with van der Waals surface area (Å²) in [6, 6.07) is 7.53. The fraction of sp³-hybridized carbons (Fsp3) is 0.0909. The summed E-state index contributed by atoms with van der Waals surface area (Å²) < 4.78 is 1.69. The summed E-state index contributed by atoms with van der Waals surface area (Å²) in [5.74, 6) is 0. The van der Waals surface area contributed by atoms with Crippen LogP contribution >= 0.6 is 0 Å². The normalized spacial score (nSPS) is 9.87. The first-order valence-corrected chi connectivity index (χ1v) is 4.50. The number of aryl methyl sites for hydroxylation is 1. The van der Waals surface area contributed by atoms with E-state index in [0.29, 0.717) is 11.3 Å². The van der Waals surface area contributed by atoms with Gasteiger partial charge in [-0.2, -0.15) is 10.4 Å². The molecule has 1 aromatic heterocycles. The molecule has 2 aromatic rings. The largest absolute Gasteiger partial charge is 0.398 e. The fourth-order valence-electron chi connectivity index (χ4n) is 1.50.